The second-order valence-corrected chi connectivity index (χ2v) is 4.00. The predicted molar refractivity (Wildman–Crippen MR) is 71.1 cm³/mol. The fraction of sp³-hybridized carbons (Fsp3) is 0.133. The van der Waals surface area contributed by atoms with E-state index in [1.807, 2.05) is 42.5 Å². The molecule has 0 aliphatic carbocycles. The molecule has 92 valence electrons. The lowest BCUT2D eigenvalue weighted by Crippen LogP contribution is -2.12. The zero-order valence-electron chi connectivity index (χ0n) is 10.2. The summed E-state index contributed by atoms with van der Waals surface area (Å²) in [5.41, 5.74) is 8.80. The molecule has 0 bridgehead atoms. The standard InChI is InChI=1S/C15H15NO2/c1-18-10-11-6-2-3-7-12(11)13-8-4-5-9-14(13)15(16)17/h2-9H,10H2,1H3,(H2,16,17). The van der Waals surface area contributed by atoms with Crippen molar-refractivity contribution in [2.75, 3.05) is 7.11 Å². The van der Waals surface area contributed by atoms with Gasteiger partial charge in [0.15, 0.2) is 0 Å². The van der Waals surface area contributed by atoms with Crippen LogP contribution in [0.3, 0.4) is 0 Å². The van der Waals surface area contributed by atoms with Crippen LogP contribution in [-0.4, -0.2) is 13.0 Å². The molecule has 0 radical (unpaired) electrons. The summed E-state index contributed by atoms with van der Waals surface area (Å²) in [5.74, 6) is -0.419. The molecular formula is C15H15NO2. The Morgan fingerprint density at radius 3 is 2.33 bits per heavy atom. The molecule has 0 unspecified atom stereocenters. The molecule has 2 N–H and O–H groups in total. The van der Waals surface area contributed by atoms with Gasteiger partial charge in [-0.1, -0.05) is 42.5 Å². The fourth-order valence-electron chi connectivity index (χ4n) is 2.00. The number of carbonyl (C=O) groups excluding carboxylic acids is 1. The zero-order valence-corrected chi connectivity index (χ0v) is 10.2. The monoisotopic (exact) mass is 241 g/mol. The van der Waals surface area contributed by atoms with Gasteiger partial charge in [-0.3, -0.25) is 4.79 Å². The Morgan fingerprint density at radius 2 is 1.67 bits per heavy atom. The molecule has 0 fully saturated rings. The maximum absolute atomic E-state index is 11.5. The van der Waals surface area contributed by atoms with Crippen LogP contribution in [0.25, 0.3) is 11.1 Å². The highest BCUT2D eigenvalue weighted by molar-refractivity contribution is 6.00. The first kappa shape index (κ1) is 12.3. The van der Waals surface area contributed by atoms with Gasteiger partial charge in [0.1, 0.15) is 0 Å². The maximum Gasteiger partial charge on any atom is 0.249 e. The fourth-order valence-corrected chi connectivity index (χ4v) is 2.00. The number of amides is 1. The Bertz CT molecular complexity index is 564. The number of benzene rings is 2. The molecule has 2 aromatic carbocycles. The van der Waals surface area contributed by atoms with Crippen LogP contribution in [-0.2, 0) is 11.3 Å². The number of hydrogen-bond acceptors (Lipinski definition) is 2. The van der Waals surface area contributed by atoms with Crippen molar-refractivity contribution in [3.63, 3.8) is 0 Å². The number of primary amides is 1. The molecule has 0 aliphatic rings. The van der Waals surface area contributed by atoms with Crippen molar-refractivity contribution >= 4 is 5.91 Å². The molecule has 1 amide bonds. The minimum Gasteiger partial charge on any atom is -0.380 e. The van der Waals surface area contributed by atoms with Crippen molar-refractivity contribution in [3.05, 3.63) is 59.7 Å². The Kier molecular flexibility index (Phi) is 3.75. The first-order chi connectivity index (χ1) is 8.74. The second-order valence-electron chi connectivity index (χ2n) is 4.00. The van der Waals surface area contributed by atoms with E-state index in [2.05, 4.69) is 0 Å². The summed E-state index contributed by atoms with van der Waals surface area (Å²) in [4.78, 5) is 11.5. The minimum atomic E-state index is -0.419. The lowest BCUT2D eigenvalue weighted by molar-refractivity contribution is 0.100. The van der Waals surface area contributed by atoms with E-state index >= 15 is 0 Å². The normalized spacial score (nSPS) is 10.3. The smallest absolute Gasteiger partial charge is 0.249 e. The van der Waals surface area contributed by atoms with E-state index in [1.54, 1.807) is 13.2 Å². The van der Waals surface area contributed by atoms with Crippen LogP contribution in [0.15, 0.2) is 48.5 Å². The molecule has 0 heterocycles. The van der Waals surface area contributed by atoms with Gasteiger partial charge in [0.05, 0.1) is 6.61 Å². The molecule has 0 aliphatic heterocycles. The van der Waals surface area contributed by atoms with Crippen molar-refractivity contribution in [2.24, 2.45) is 5.73 Å². The summed E-state index contributed by atoms with van der Waals surface area (Å²) in [6, 6.07) is 15.2. The van der Waals surface area contributed by atoms with E-state index in [-0.39, 0.29) is 0 Å². The number of carbonyl (C=O) groups is 1. The predicted octanol–water partition coefficient (Wildman–Crippen LogP) is 2.60. The largest absolute Gasteiger partial charge is 0.380 e. The molecule has 0 spiro atoms. The number of ether oxygens (including phenoxy) is 1. The van der Waals surface area contributed by atoms with Gasteiger partial charge in [0.2, 0.25) is 5.91 Å². The quantitative estimate of drug-likeness (QED) is 0.894. The molecule has 2 aromatic rings. The number of nitrogens with two attached hydrogens (primary N) is 1. The SMILES string of the molecule is COCc1ccccc1-c1ccccc1C(N)=O. The highest BCUT2D eigenvalue weighted by atomic mass is 16.5. The van der Waals surface area contributed by atoms with Crippen LogP contribution in [0.5, 0.6) is 0 Å². The first-order valence-corrected chi connectivity index (χ1v) is 5.70. The third-order valence-electron chi connectivity index (χ3n) is 2.80. The second kappa shape index (κ2) is 5.47. The summed E-state index contributed by atoms with van der Waals surface area (Å²) in [5, 5.41) is 0. The third kappa shape index (κ3) is 2.41. The number of hydrogen-bond donors (Lipinski definition) is 1. The molecule has 3 heteroatoms. The van der Waals surface area contributed by atoms with Crippen molar-refractivity contribution in [3.8, 4) is 11.1 Å². The van der Waals surface area contributed by atoms with Crippen LogP contribution in [0, 0.1) is 0 Å². The molecule has 0 aromatic heterocycles. The van der Waals surface area contributed by atoms with Crippen LogP contribution in [0.1, 0.15) is 15.9 Å². The zero-order chi connectivity index (χ0) is 13.0. The molecule has 0 saturated carbocycles. The molecule has 0 saturated heterocycles. The van der Waals surface area contributed by atoms with E-state index in [4.69, 9.17) is 10.5 Å². The summed E-state index contributed by atoms with van der Waals surface area (Å²) in [7, 11) is 1.65. The average molecular weight is 241 g/mol. The van der Waals surface area contributed by atoms with Gasteiger partial charge in [-0.05, 0) is 22.8 Å². The summed E-state index contributed by atoms with van der Waals surface area (Å²) >= 11 is 0. The highest BCUT2D eigenvalue weighted by Crippen LogP contribution is 2.27. The Morgan fingerprint density at radius 1 is 1.06 bits per heavy atom. The highest BCUT2D eigenvalue weighted by Gasteiger charge is 2.11. The molecule has 2 rings (SSSR count). The topological polar surface area (TPSA) is 52.3 Å². The van der Waals surface area contributed by atoms with E-state index in [1.165, 1.54) is 0 Å². The minimum absolute atomic E-state index is 0.419. The first-order valence-electron chi connectivity index (χ1n) is 5.70. The van der Waals surface area contributed by atoms with E-state index in [0.717, 1.165) is 16.7 Å². The average Bonchev–Trinajstić information content (AvgIpc) is 2.40. The van der Waals surface area contributed by atoms with E-state index < -0.39 is 5.91 Å². The Labute approximate surface area is 106 Å². The Balaban J connectivity index is 2.58. The van der Waals surface area contributed by atoms with E-state index in [0.29, 0.717) is 12.2 Å². The summed E-state index contributed by atoms with van der Waals surface area (Å²) < 4.78 is 5.17. The van der Waals surface area contributed by atoms with Crippen LogP contribution >= 0.6 is 0 Å². The van der Waals surface area contributed by atoms with Crippen molar-refractivity contribution < 1.29 is 9.53 Å². The van der Waals surface area contributed by atoms with Gasteiger partial charge in [-0.25, -0.2) is 0 Å². The van der Waals surface area contributed by atoms with Crippen LogP contribution < -0.4 is 5.73 Å². The van der Waals surface area contributed by atoms with Crippen LogP contribution in [0.2, 0.25) is 0 Å². The molecular weight excluding hydrogens is 226 g/mol. The Hall–Kier alpha value is -2.13. The molecule has 18 heavy (non-hydrogen) atoms. The van der Waals surface area contributed by atoms with Gasteiger partial charge < -0.3 is 10.5 Å². The molecule has 3 nitrogen and oxygen atoms in total. The summed E-state index contributed by atoms with van der Waals surface area (Å²) in [6.45, 7) is 0.503. The summed E-state index contributed by atoms with van der Waals surface area (Å²) in [6.07, 6.45) is 0. The van der Waals surface area contributed by atoms with Gasteiger partial charge in [-0.2, -0.15) is 0 Å². The third-order valence-corrected chi connectivity index (χ3v) is 2.80. The molecule has 0 atom stereocenters. The number of rotatable bonds is 4. The van der Waals surface area contributed by atoms with Gasteiger partial charge in [0, 0.05) is 12.7 Å². The van der Waals surface area contributed by atoms with Crippen molar-refractivity contribution in [2.45, 2.75) is 6.61 Å². The lowest BCUT2D eigenvalue weighted by atomic mass is 9.95. The lowest BCUT2D eigenvalue weighted by Gasteiger charge is -2.11. The van der Waals surface area contributed by atoms with Crippen LogP contribution in [0.4, 0.5) is 0 Å². The van der Waals surface area contributed by atoms with Crippen molar-refractivity contribution in [1.29, 1.82) is 0 Å². The maximum atomic E-state index is 11.5. The number of methoxy groups -OCH3 is 1. The van der Waals surface area contributed by atoms with E-state index in [9.17, 15) is 4.79 Å². The van der Waals surface area contributed by atoms with Crippen molar-refractivity contribution in [1.82, 2.24) is 0 Å². The van der Waals surface area contributed by atoms with Gasteiger partial charge in [-0.15, -0.1) is 0 Å². The van der Waals surface area contributed by atoms with Gasteiger partial charge in [0.25, 0.3) is 0 Å². The van der Waals surface area contributed by atoms with Gasteiger partial charge >= 0.3 is 0 Å².